The van der Waals surface area contributed by atoms with Gasteiger partial charge in [-0.05, 0) is 17.5 Å². The molecule has 112 valence electrons. The van der Waals surface area contributed by atoms with Crippen LogP contribution in [-0.4, -0.2) is 42.0 Å². The molecule has 1 heterocycles. The minimum atomic E-state index is -1.12. The van der Waals surface area contributed by atoms with Crippen LogP contribution in [0.15, 0.2) is 24.3 Å². The van der Waals surface area contributed by atoms with Gasteiger partial charge in [0, 0.05) is 6.54 Å². The van der Waals surface area contributed by atoms with Gasteiger partial charge in [-0.3, -0.25) is 14.4 Å². The standard InChI is InChI=1S/C14H17N3O4/c18-12(16-8-13(19)20)7-17-14(21)11-5-9-3-1-2-4-10(9)6-15-11/h1-4,11,15H,5-8H2,(H,16,18)(H,17,21)(H,19,20). The second-order valence-electron chi connectivity index (χ2n) is 4.79. The van der Waals surface area contributed by atoms with Crippen LogP contribution in [0.2, 0.25) is 0 Å². The summed E-state index contributed by atoms with van der Waals surface area (Å²) in [4.78, 5) is 33.6. The van der Waals surface area contributed by atoms with Gasteiger partial charge in [0.05, 0.1) is 12.6 Å². The molecular formula is C14H17N3O4. The van der Waals surface area contributed by atoms with E-state index in [4.69, 9.17) is 5.11 Å². The molecule has 1 aromatic rings. The van der Waals surface area contributed by atoms with E-state index < -0.39 is 18.4 Å². The summed E-state index contributed by atoms with van der Waals surface area (Å²) in [6.07, 6.45) is 0.568. The molecule has 0 fully saturated rings. The number of fused-ring (bicyclic) bond motifs is 1. The number of hydrogen-bond donors (Lipinski definition) is 4. The highest BCUT2D eigenvalue weighted by molar-refractivity contribution is 5.88. The van der Waals surface area contributed by atoms with Crippen LogP contribution in [0.3, 0.4) is 0 Å². The molecule has 7 nitrogen and oxygen atoms in total. The van der Waals surface area contributed by atoms with Crippen LogP contribution in [0.25, 0.3) is 0 Å². The second-order valence-corrected chi connectivity index (χ2v) is 4.79. The van der Waals surface area contributed by atoms with Crippen molar-refractivity contribution in [2.24, 2.45) is 0 Å². The summed E-state index contributed by atoms with van der Waals surface area (Å²) in [6.45, 7) is -0.0742. The number of carboxylic acids is 1. The summed E-state index contributed by atoms with van der Waals surface area (Å²) in [7, 11) is 0. The molecule has 4 N–H and O–H groups in total. The highest BCUT2D eigenvalue weighted by atomic mass is 16.4. The fourth-order valence-electron chi connectivity index (χ4n) is 2.17. The van der Waals surface area contributed by atoms with E-state index in [1.54, 1.807) is 0 Å². The Balaban J connectivity index is 1.80. The SMILES string of the molecule is O=C(O)CNC(=O)CNC(=O)C1Cc2ccccc2CN1. The number of aliphatic carboxylic acids is 1. The third-order valence-corrected chi connectivity index (χ3v) is 3.26. The molecule has 2 rings (SSSR count). The largest absolute Gasteiger partial charge is 0.480 e. The van der Waals surface area contributed by atoms with Crippen LogP contribution < -0.4 is 16.0 Å². The molecule has 21 heavy (non-hydrogen) atoms. The van der Waals surface area contributed by atoms with Gasteiger partial charge in [-0.25, -0.2) is 0 Å². The second kappa shape index (κ2) is 6.85. The minimum absolute atomic E-state index is 0.230. The van der Waals surface area contributed by atoms with Crippen molar-refractivity contribution in [1.82, 2.24) is 16.0 Å². The molecule has 0 radical (unpaired) electrons. The van der Waals surface area contributed by atoms with Gasteiger partial charge in [-0.2, -0.15) is 0 Å². The minimum Gasteiger partial charge on any atom is -0.480 e. The van der Waals surface area contributed by atoms with Crippen LogP contribution in [0.5, 0.6) is 0 Å². The van der Waals surface area contributed by atoms with E-state index in [1.165, 1.54) is 5.56 Å². The number of benzene rings is 1. The van der Waals surface area contributed by atoms with Crippen LogP contribution >= 0.6 is 0 Å². The Bertz CT molecular complexity index is 559. The van der Waals surface area contributed by atoms with Crippen LogP contribution in [0.1, 0.15) is 11.1 Å². The molecule has 1 unspecified atom stereocenters. The Hall–Kier alpha value is -2.41. The van der Waals surface area contributed by atoms with E-state index >= 15 is 0 Å². The van der Waals surface area contributed by atoms with Crippen molar-refractivity contribution in [3.05, 3.63) is 35.4 Å². The first-order valence-electron chi connectivity index (χ1n) is 6.62. The third-order valence-electron chi connectivity index (χ3n) is 3.26. The Labute approximate surface area is 121 Å². The Morgan fingerprint density at radius 3 is 2.57 bits per heavy atom. The molecule has 1 aliphatic rings. The lowest BCUT2D eigenvalue weighted by molar-refractivity contribution is -0.137. The summed E-state index contributed by atoms with van der Waals surface area (Å²) < 4.78 is 0. The zero-order chi connectivity index (χ0) is 15.2. The third kappa shape index (κ3) is 4.28. The molecule has 2 amide bonds. The molecule has 1 aromatic carbocycles. The maximum absolute atomic E-state index is 12.0. The van der Waals surface area contributed by atoms with Gasteiger partial charge < -0.3 is 21.1 Å². The fourth-order valence-corrected chi connectivity index (χ4v) is 2.17. The molecule has 1 atom stereocenters. The lowest BCUT2D eigenvalue weighted by atomic mass is 9.95. The Morgan fingerprint density at radius 2 is 1.86 bits per heavy atom. The summed E-state index contributed by atoms with van der Waals surface area (Å²) in [5.41, 5.74) is 2.28. The van der Waals surface area contributed by atoms with Gasteiger partial charge in [0.15, 0.2) is 0 Å². The Morgan fingerprint density at radius 1 is 1.14 bits per heavy atom. The molecular weight excluding hydrogens is 274 g/mol. The average Bonchev–Trinajstić information content (AvgIpc) is 2.50. The number of nitrogens with one attached hydrogen (secondary N) is 3. The number of carbonyl (C=O) groups is 3. The molecule has 7 heteroatoms. The zero-order valence-electron chi connectivity index (χ0n) is 11.4. The van der Waals surface area contributed by atoms with E-state index in [0.717, 1.165) is 5.56 Å². The molecule has 0 saturated carbocycles. The van der Waals surface area contributed by atoms with Crippen molar-refractivity contribution in [2.75, 3.05) is 13.1 Å². The number of hydrogen-bond acceptors (Lipinski definition) is 4. The predicted octanol–water partition coefficient (Wildman–Crippen LogP) is -0.982. The van der Waals surface area contributed by atoms with E-state index in [1.807, 2.05) is 24.3 Å². The van der Waals surface area contributed by atoms with E-state index in [0.29, 0.717) is 13.0 Å². The first kappa shape index (κ1) is 15.0. The van der Waals surface area contributed by atoms with Gasteiger partial charge in [0.1, 0.15) is 6.54 Å². The first-order chi connectivity index (χ1) is 10.1. The van der Waals surface area contributed by atoms with Crippen LogP contribution in [0.4, 0.5) is 0 Å². The van der Waals surface area contributed by atoms with Crippen molar-refractivity contribution in [3.63, 3.8) is 0 Å². The summed E-state index contributed by atoms with van der Waals surface area (Å²) in [5.74, 6) is -1.92. The highest BCUT2D eigenvalue weighted by Gasteiger charge is 2.23. The predicted molar refractivity (Wildman–Crippen MR) is 74.4 cm³/mol. The van der Waals surface area contributed by atoms with Gasteiger partial charge in [-0.15, -0.1) is 0 Å². The van der Waals surface area contributed by atoms with Crippen molar-refractivity contribution in [2.45, 2.75) is 19.0 Å². The summed E-state index contributed by atoms with van der Waals surface area (Å²) in [6, 6.07) is 7.49. The monoisotopic (exact) mass is 291 g/mol. The van der Waals surface area contributed by atoms with Crippen molar-refractivity contribution >= 4 is 17.8 Å². The normalized spacial score (nSPS) is 16.7. The van der Waals surface area contributed by atoms with Crippen LogP contribution in [-0.2, 0) is 27.3 Å². The van der Waals surface area contributed by atoms with Crippen molar-refractivity contribution < 1.29 is 19.5 Å². The molecule has 0 bridgehead atoms. The molecule has 1 aliphatic heterocycles. The Kier molecular flexibility index (Phi) is 4.89. The van der Waals surface area contributed by atoms with Crippen LogP contribution in [0, 0.1) is 0 Å². The first-order valence-corrected chi connectivity index (χ1v) is 6.62. The van der Waals surface area contributed by atoms with Gasteiger partial charge >= 0.3 is 5.97 Å². The topological polar surface area (TPSA) is 108 Å². The lowest BCUT2D eigenvalue weighted by Gasteiger charge is -2.25. The maximum atomic E-state index is 12.0. The number of carboxylic acid groups (broad SMARTS) is 1. The van der Waals surface area contributed by atoms with Crippen molar-refractivity contribution in [1.29, 1.82) is 0 Å². The van der Waals surface area contributed by atoms with Crippen molar-refractivity contribution in [3.8, 4) is 0 Å². The summed E-state index contributed by atoms with van der Waals surface area (Å²) >= 11 is 0. The smallest absolute Gasteiger partial charge is 0.322 e. The van der Waals surface area contributed by atoms with Gasteiger partial charge in [0.2, 0.25) is 11.8 Å². The fraction of sp³-hybridized carbons (Fsp3) is 0.357. The number of amides is 2. The number of carbonyl (C=O) groups excluding carboxylic acids is 2. The molecule has 0 aliphatic carbocycles. The average molecular weight is 291 g/mol. The lowest BCUT2D eigenvalue weighted by Crippen LogP contribution is -2.50. The quantitative estimate of drug-likeness (QED) is 0.557. The van der Waals surface area contributed by atoms with E-state index in [2.05, 4.69) is 16.0 Å². The molecule has 0 saturated heterocycles. The molecule has 0 aromatic heterocycles. The highest BCUT2D eigenvalue weighted by Crippen LogP contribution is 2.16. The molecule has 0 spiro atoms. The maximum Gasteiger partial charge on any atom is 0.322 e. The zero-order valence-corrected chi connectivity index (χ0v) is 11.4. The summed E-state index contributed by atoms with van der Waals surface area (Å²) in [5, 5.41) is 16.2. The van der Waals surface area contributed by atoms with E-state index in [-0.39, 0.29) is 18.5 Å². The van der Waals surface area contributed by atoms with Gasteiger partial charge in [0.25, 0.3) is 0 Å². The van der Waals surface area contributed by atoms with Gasteiger partial charge in [-0.1, -0.05) is 24.3 Å². The van der Waals surface area contributed by atoms with E-state index in [9.17, 15) is 14.4 Å². The number of rotatable bonds is 5.